The Morgan fingerprint density at radius 1 is 1.12 bits per heavy atom. The predicted octanol–water partition coefficient (Wildman–Crippen LogP) is 1.49. The van der Waals surface area contributed by atoms with E-state index in [1.54, 1.807) is 19.1 Å². The zero-order valence-corrected chi connectivity index (χ0v) is 14.4. The molecule has 24 heavy (non-hydrogen) atoms. The minimum Gasteiger partial charge on any atom is -0.425 e. The summed E-state index contributed by atoms with van der Waals surface area (Å²) in [6.07, 6.45) is -0.123. The van der Waals surface area contributed by atoms with E-state index in [1.807, 2.05) is 19.1 Å². The van der Waals surface area contributed by atoms with Crippen molar-refractivity contribution >= 4 is 10.0 Å². The van der Waals surface area contributed by atoms with Crippen molar-refractivity contribution < 1.29 is 17.6 Å². The minimum absolute atomic E-state index is 0.0464. The number of hydrogen-bond donors (Lipinski definition) is 0. The minimum atomic E-state index is -3.51. The Bertz CT molecular complexity index is 846. The lowest BCUT2D eigenvalue weighted by atomic mass is 9.93. The van der Waals surface area contributed by atoms with Gasteiger partial charge in [-0.05, 0) is 19.1 Å². The van der Waals surface area contributed by atoms with E-state index >= 15 is 0 Å². The van der Waals surface area contributed by atoms with Gasteiger partial charge in [0.05, 0.1) is 23.5 Å². The Labute approximate surface area is 140 Å². The highest BCUT2D eigenvalue weighted by Gasteiger charge is 2.49. The van der Waals surface area contributed by atoms with Gasteiger partial charge in [0.25, 0.3) is 0 Å². The highest BCUT2D eigenvalue weighted by Crippen LogP contribution is 2.40. The molecule has 2 saturated heterocycles. The van der Waals surface area contributed by atoms with Crippen LogP contribution in [0.2, 0.25) is 0 Å². The number of rotatable bonds is 3. The number of fused-ring (bicyclic) bond motifs is 1. The first-order valence-electron chi connectivity index (χ1n) is 7.93. The van der Waals surface area contributed by atoms with Gasteiger partial charge in [-0.25, -0.2) is 8.42 Å². The summed E-state index contributed by atoms with van der Waals surface area (Å²) in [6.45, 7) is 4.95. The molecule has 8 heteroatoms. The number of nitrogens with zero attached hydrogens (tertiary/aromatic N) is 3. The van der Waals surface area contributed by atoms with Gasteiger partial charge in [0, 0.05) is 25.9 Å². The second-order valence-electron chi connectivity index (χ2n) is 6.44. The van der Waals surface area contributed by atoms with Crippen molar-refractivity contribution in [1.82, 2.24) is 14.5 Å². The molecule has 0 N–H and O–H groups in total. The summed E-state index contributed by atoms with van der Waals surface area (Å²) < 4.78 is 38.5. The Hall–Kier alpha value is -1.77. The van der Waals surface area contributed by atoms with E-state index in [9.17, 15) is 8.42 Å². The van der Waals surface area contributed by atoms with Crippen LogP contribution in [-0.2, 0) is 14.8 Å². The van der Waals surface area contributed by atoms with Crippen LogP contribution in [0.15, 0.2) is 33.6 Å². The Kier molecular flexibility index (Phi) is 3.70. The Morgan fingerprint density at radius 3 is 2.54 bits per heavy atom. The Balaban J connectivity index is 1.57. The molecule has 4 rings (SSSR count). The van der Waals surface area contributed by atoms with Gasteiger partial charge in [-0.3, -0.25) is 0 Å². The van der Waals surface area contributed by atoms with Crippen LogP contribution in [0.4, 0.5) is 0 Å². The second kappa shape index (κ2) is 5.65. The fourth-order valence-electron chi connectivity index (χ4n) is 3.45. The normalized spacial score (nSPS) is 27.5. The summed E-state index contributed by atoms with van der Waals surface area (Å²) in [7, 11) is -3.51. The van der Waals surface area contributed by atoms with Crippen LogP contribution in [0.1, 0.15) is 23.3 Å². The Morgan fingerprint density at radius 2 is 1.88 bits per heavy atom. The lowest BCUT2D eigenvalue weighted by molar-refractivity contribution is 0.105. The van der Waals surface area contributed by atoms with E-state index in [1.165, 1.54) is 4.31 Å². The lowest BCUT2D eigenvalue weighted by Crippen LogP contribution is -2.31. The first kappa shape index (κ1) is 15.7. The summed E-state index contributed by atoms with van der Waals surface area (Å²) in [5.74, 6) is 1.05. The first-order chi connectivity index (χ1) is 11.4. The van der Waals surface area contributed by atoms with Crippen molar-refractivity contribution in [2.75, 3.05) is 19.7 Å². The number of sulfonamides is 1. The lowest BCUT2D eigenvalue weighted by Gasteiger charge is -2.18. The standard InChI is InChI=1S/C16H19N3O4S/c1-10-3-5-12(6-4-10)24(20,21)19-7-13-14(9-22-15(13)8-19)16-18-17-11(2)23-16/h3-6,13-15H,7-9H2,1-2H3/t13-,14+,15-/m1/s1. The van der Waals surface area contributed by atoms with Crippen molar-refractivity contribution in [3.8, 4) is 0 Å². The van der Waals surface area contributed by atoms with Gasteiger partial charge in [0.15, 0.2) is 0 Å². The molecule has 2 aromatic rings. The average molecular weight is 349 g/mol. The molecule has 2 aliphatic heterocycles. The van der Waals surface area contributed by atoms with E-state index in [-0.39, 0.29) is 17.9 Å². The number of benzene rings is 1. The molecule has 2 fully saturated rings. The molecule has 7 nitrogen and oxygen atoms in total. The number of aromatic nitrogens is 2. The summed E-state index contributed by atoms with van der Waals surface area (Å²) in [5, 5.41) is 7.94. The molecule has 0 amide bonds. The molecule has 1 aromatic carbocycles. The van der Waals surface area contributed by atoms with Gasteiger partial charge in [0.2, 0.25) is 21.8 Å². The van der Waals surface area contributed by atoms with Crippen LogP contribution in [0.3, 0.4) is 0 Å². The van der Waals surface area contributed by atoms with Crippen LogP contribution in [0.25, 0.3) is 0 Å². The van der Waals surface area contributed by atoms with Gasteiger partial charge in [-0.1, -0.05) is 17.7 Å². The van der Waals surface area contributed by atoms with Crippen molar-refractivity contribution in [2.45, 2.75) is 30.8 Å². The first-order valence-corrected chi connectivity index (χ1v) is 9.37. The van der Waals surface area contributed by atoms with E-state index in [0.717, 1.165) is 5.56 Å². The monoisotopic (exact) mass is 349 g/mol. The van der Waals surface area contributed by atoms with Crippen LogP contribution < -0.4 is 0 Å². The SMILES string of the molecule is Cc1ccc(S(=O)(=O)N2C[C@@H]3[C@@H](c4nnc(C)o4)CO[C@@H]3C2)cc1. The van der Waals surface area contributed by atoms with E-state index < -0.39 is 10.0 Å². The average Bonchev–Trinajstić information content (AvgIpc) is 3.22. The molecule has 0 radical (unpaired) electrons. The predicted molar refractivity (Wildman–Crippen MR) is 84.9 cm³/mol. The van der Waals surface area contributed by atoms with E-state index in [4.69, 9.17) is 9.15 Å². The largest absolute Gasteiger partial charge is 0.425 e. The quantitative estimate of drug-likeness (QED) is 0.834. The summed E-state index contributed by atoms with van der Waals surface area (Å²) in [4.78, 5) is 0.318. The van der Waals surface area contributed by atoms with Crippen LogP contribution >= 0.6 is 0 Å². The highest BCUT2D eigenvalue weighted by atomic mass is 32.2. The zero-order chi connectivity index (χ0) is 16.9. The molecule has 0 spiro atoms. The molecular formula is C16H19N3O4S. The summed E-state index contributed by atoms with van der Waals surface area (Å²) in [5.41, 5.74) is 1.03. The van der Waals surface area contributed by atoms with Gasteiger partial charge >= 0.3 is 0 Å². The molecule has 0 aliphatic carbocycles. The fourth-order valence-corrected chi connectivity index (χ4v) is 4.94. The summed E-state index contributed by atoms with van der Waals surface area (Å²) in [6, 6.07) is 6.92. The molecule has 3 heterocycles. The molecule has 3 atom stereocenters. The second-order valence-corrected chi connectivity index (χ2v) is 8.37. The fraction of sp³-hybridized carbons (Fsp3) is 0.500. The molecule has 2 aliphatic rings. The van der Waals surface area contributed by atoms with Gasteiger partial charge in [-0.2, -0.15) is 4.31 Å². The molecule has 128 valence electrons. The topological polar surface area (TPSA) is 85.5 Å². The number of hydrogen-bond acceptors (Lipinski definition) is 6. The van der Waals surface area contributed by atoms with Crippen molar-refractivity contribution in [3.05, 3.63) is 41.6 Å². The molecule has 0 saturated carbocycles. The zero-order valence-electron chi connectivity index (χ0n) is 13.5. The van der Waals surface area contributed by atoms with Gasteiger partial charge < -0.3 is 9.15 Å². The van der Waals surface area contributed by atoms with Crippen LogP contribution in [0, 0.1) is 19.8 Å². The maximum atomic E-state index is 12.8. The van der Waals surface area contributed by atoms with Gasteiger partial charge in [-0.15, -0.1) is 10.2 Å². The van der Waals surface area contributed by atoms with Crippen LogP contribution in [-0.4, -0.2) is 48.7 Å². The third-order valence-electron chi connectivity index (χ3n) is 4.80. The van der Waals surface area contributed by atoms with E-state index in [0.29, 0.717) is 36.4 Å². The smallest absolute Gasteiger partial charge is 0.243 e. The van der Waals surface area contributed by atoms with Crippen LogP contribution in [0.5, 0.6) is 0 Å². The third kappa shape index (κ3) is 2.54. The van der Waals surface area contributed by atoms with Crippen molar-refractivity contribution in [2.24, 2.45) is 5.92 Å². The summed E-state index contributed by atoms with van der Waals surface area (Å²) >= 11 is 0. The molecule has 1 aromatic heterocycles. The molecule has 0 bridgehead atoms. The van der Waals surface area contributed by atoms with Crippen molar-refractivity contribution in [3.63, 3.8) is 0 Å². The molecular weight excluding hydrogens is 330 g/mol. The van der Waals surface area contributed by atoms with E-state index in [2.05, 4.69) is 10.2 Å². The highest BCUT2D eigenvalue weighted by molar-refractivity contribution is 7.89. The number of ether oxygens (including phenoxy) is 1. The molecule has 0 unspecified atom stereocenters. The maximum Gasteiger partial charge on any atom is 0.243 e. The van der Waals surface area contributed by atoms with Crippen molar-refractivity contribution in [1.29, 1.82) is 0 Å². The third-order valence-corrected chi connectivity index (χ3v) is 6.65. The number of aryl methyl sites for hydroxylation is 2. The maximum absolute atomic E-state index is 12.8. The van der Waals surface area contributed by atoms with Gasteiger partial charge in [0.1, 0.15) is 0 Å².